The van der Waals surface area contributed by atoms with Gasteiger partial charge in [0.25, 0.3) is 0 Å². The molecule has 6 rings (SSSR count). The molecule has 2 bridgehead atoms. The summed E-state index contributed by atoms with van der Waals surface area (Å²) < 4.78 is 20.8. The zero-order valence-corrected chi connectivity index (χ0v) is 18.5. The molecule has 5 heteroatoms. The van der Waals surface area contributed by atoms with Gasteiger partial charge < -0.3 is 14.3 Å². The van der Waals surface area contributed by atoms with Crippen LogP contribution in [-0.2, 0) is 6.54 Å². The molecule has 4 heterocycles. The van der Waals surface area contributed by atoms with Crippen molar-refractivity contribution in [3.8, 4) is 5.75 Å². The number of halogens is 1. The van der Waals surface area contributed by atoms with E-state index >= 15 is 0 Å². The molecule has 32 heavy (non-hydrogen) atoms. The number of hydrogen-bond acceptors (Lipinski definition) is 3. The Morgan fingerprint density at radius 3 is 2.91 bits per heavy atom. The second-order valence-corrected chi connectivity index (χ2v) is 9.35. The number of quaternary nitrogens is 1. The van der Waals surface area contributed by atoms with Gasteiger partial charge in [0.15, 0.2) is 0 Å². The van der Waals surface area contributed by atoms with Crippen LogP contribution in [0.5, 0.6) is 5.75 Å². The lowest BCUT2D eigenvalue weighted by Crippen LogP contribution is -2.67. The number of aliphatic hydroxyl groups is 1. The largest absolute Gasteiger partial charge is 0.497 e. The van der Waals surface area contributed by atoms with Gasteiger partial charge in [0.2, 0.25) is 0 Å². The Morgan fingerprint density at radius 1 is 1.28 bits per heavy atom. The summed E-state index contributed by atoms with van der Waals surface area (Å²) in [6, 6.07) is 14.7. The van der Waals surface area contributed by atoms with E-state index in [1.165, 1.54) is 6.07 Å². The molecule has 1 aromatic heterocycles. The van der Waals surface area contributed by atoms with E-state index in [-0.39, 0.29) is 11.9 Å². The molecule has 0 radical (unpaired) electrons. The minimum absolute atomic E-state index is 0.0126. The van der Waals surface area contributed by atoms with Crippen molar-refractivity contribution in [2.45, 2.75) is 31.5 Å². The molecule has 3 aliphatic heterocycles. The number of aromatic nitrogens is 1. The summed E-state index contributed by atoms with van der Waals surface area (Å²) in [5, 5.41) is 12.7. The molecular weight excluding hydrogens is 403 g/mol. The lowest BCUT2D eigenvalue weighted by molar-refractivity contribution is -0.985. The lowest BCUT2D eigenvalue weighted by atomic mass is 9.71. The van der Waals surface area contributed by atoms with Crippen LogP contribution in [0, 0.1) is 17.7 Å². The Bertz CT molecular complexity index is 1150. The van der Waals surface area contributed by atoms with Gasteiger partial charge in [0, 0.05) is 35.9 Å². The van der Waals surface area contributed by atoms with Crippen molar-refractivity contribution in [3.05, 3.63) is 84.3 Å². The first-order chi connectivity index (χ1) is 15.5. The highest BCUT2D eigenvalue weighted by molar-refractivity contribution is 5.83. The molecule has 166 valence electrons. The summed E-state index contributed by atoms with van der Waals surface area (Å²) in [5.74, 6) is 1.48. The molecule has 0 saturated carbocycles. The van der Waals surface area contributed by atoms with E-state index in [1.54, 1.807) is 19.4 Å². The normalized spacial score (nSPS) is 27.9. The first-order valence-corrected chi connectivity index (χ1v) is 11.4. The maximum absolute atomic E-state index is 14.7. The number of fused-ring (bicyclic) bond motifs is 4. The number of aliphatic hydroxyl groups excluding tert-OH is 1. The van der Waals surface area contributed by atoms with E-state index in [0.29, 0.717) is 28.4 Å². The number of hydrogen-bond donors (Lipinski definition) is 1. The summed E-state index contributed by atoms with van der Waals surface area (Å²) in [7, 11) is 1.64. The number of benzene rings is 2. The van der Waals surface area contributed by atoms with Crippen LogP contribution in [0.3, 0.4) is 0 Å². The molecule has 3 aliphatic rings. The number of pyridine rings is 1. The van der Waals surface area contributed by atoms with Crippen molar-refractivity contribution in [3.63, 3.8) is 0 Å². The van der Waals surface area contributed by atoms with E-state index in [2.05, 4.69) is 17.6 Å². The highest BCUT2D eigenvalue weighted by Crippen LogP contribution is 2.48. The SMILES string of the molecule is C=C[C@H]1C[N@+]2(Cc3ccccc3F)CC[C@H]1C[C@@H]2[C@@H](O)c1ccnc2ccc(OC)cc12. The number of ether oxygens (including phenoxy) is 1. The quantitative estimate of drug-likeness (QED) is 0.438. The lowest BCUT2D eigenvalue weighted by Gasteiger charge is -2.58. The van der Waals surface area contributed by atoms with Gasteiger partial charge in [-0.2, -0.15) is 0 Å². The predicted molar refractivity (Wildman–Crippen MR) is 124 cm³/mol. The second kappa shape index (κ2) is 8.30. The summed E-state index contributed by atoms with van der Waals surface area (Å²) in [6.45, 7) is 6.49. The Balaban J connectivity index is 1.57. The molecule has 2 aromatic carbocycles. The molecular formula is C27H30FN2O2+. The fraction of sp³-hybridized carbons (Fsp3) is 0.370. The fourth-order valence-electron chi connectivity index (χ4n) is 6.09. The third-order valence-corrected chi connectivity index (χ3v) is 7.78. The average Bonchev–Trinajstić information content (AvgIpc) is 2.84. The Hall–Kier alpha value is -2.76. The smallest absolute Gasteiger partial charge is 0.132 e. The molecule has 0 aliphatic carbocycles. The maximum Gasteiger partial charge on any atom is 0.132 e. The van der Waals surface area contributed by atoms with Gasteiger partial charge in [-0.15, -0.1) is 6.58 Å². The summed E-state index contributed by atoms with van der Waals surface area (Å²) in [4.78, 5) is 4.48. The van der Waals surface area contributed by atoms with Crippen LogP contribution in [0.2, 0.25) is 0 Å². The highest BCUT2D eigenvalue weighted by atomic mass is 19.1. The van der Waals surface area contributed by atoms with Crippen molar-refractivity contribution in [2.75, 3.05) is 20.2 Å². The first kappa shape index (κ1) is 21.1. The molecule has 3 aromatic rings. The van der Waals surface area contributed by atoms with Crippen molar-refractivity contribution < 1.29 is 18.7 Å². The Labute approximate surface area is 188 Å². The van der Waals surface area contributed by atoms with Gasteiger partial charge in [0.05, 0.1) is 25.7 Å². The molecule has 4 nitrogen and oxygen atoms in total. The minimum atomic E-state index is -0.673. The predicted octanol–water partition coefficient (Wildman–Crippen LogP) is 5.03. The summed E-state index contributed by atoms with van der Waals surface area (Å²) in [6.07, 6.45) is 5.14. The van der Waals surface area contributed by atoms with Crippen LogP contribution in [0.1, 0.15) is 30.1 Å². The van der Waals surface area contributed by atoms with Crippen LogP contribution >= 0.6 is 0 Å². The van der Waals surface area contributed by atoms with Gasteiger partial charge in [-0.25, -0.2) is 4.39 Å². The molecule has 0 unspecified atom stereocenters. The van der Waals surface area contributed by atoms with Crippen LogP contribution in [-0.4, -0.2) is 40.8 Å². The van der Waals surface area contributed by atoms with Crippen LogP contribution < -0.4 is 4.74 Å². The van der Waals surface area contributed by atoms with Crippen molar-refractivity contribution in [1.29, 1.82) is 0 Å². The van der Waals surface area contributed by atoms with E-state index in [9.17, 15) is 9.50 Å². The van der Waals surface area contributed by atoms with Gasteiger partial charge in [-0.1, -0.05) is 24.3 Å². The standard InChI is InChI=1S/C27H30FN2O2/c1-3-18-16-30(17-20-6-4-5-7-24(20)28)13-11-19(18)14-26(30)27(31)22-10-12-29-25-9-8-21(32-2)15-23(22)25/h3-10,12,15,18-19,26-27,31H,1,11,13-14,16-17H2,2H3/q+1/t18-,19-,26+,27-,30-/m0/s1. The Kier molecular flexibility index (Phi) is 5.48. The zero-order valence-electron chi connectivity index (χ0n) is 18.5. The fourth-order valence-corrected chi connectivity index (χ4v) is 6.09. The topological polar surface area (TPSA) is 42.4 Å². The van der Waals surface area contributed by atoms with Crippen molar-refractivity contribution in [1.82, 2.24) is 4.98 Å². The van der Waals surface area contributed by atoms with Crippen LogP contribution in [0.4, 0.5) is 4.39 Å². The van der Waals surface area contributed by atoms with Gasteiger partial charge in [-0.05, 0) is 41.8 Å². The molecule has 3 saturated heterocycles. The summed E-state index contributed by atoms with van der Waals surface area (Å²) >= 11 is 0. The number of methoxy groups -OCH3 is 1. The third-order valence-electron chi connectivity index (χ3n) is 7.78. The second-order valence-electron chi connectivity index (χ2n) is 9.35. The average molecular weight is 434 g/mol. The van der Waals surface area contributed by atoms with Crippen molar-refractivity contribution in [2.24, 2.45) is 11.8 Å². The maximum atomic E-state index is 14.7. The van der Waals surface area contributed by atoms with Gasteiger partial charge in [0.1, 0.15) is 30.3 Å². The van der Waals surface area contributed by atoms with Crippen LogP contribution in [0.25, 0.3) is 10.9 Å². The van der Waals surface area contributed by atoms with E-state index in [1.807, 2.05) is 36.4 Å². The zero-order chi connectivity index (χ0) is 22.3. The van der Waals surface area contributed by atoms with E-state index in [0.717, 1.165) is 48.1 Å². The molecule has 3 fully saturated rings. The van der Waals surface area contributed by atoms with Gasteiger partial charge >= 0.3 is 0 Å². The Morgan fingerprint density at radius 2 is 2.12 bits per heavy atom. The number of rotatable bonds is 6. The minimum Gasteiger partial charge on any atom is -0.497 e. The first-order valence-electron chi connectivity index (χ1n) is 11.4. The number of piperidine rings is 3. The molecule has 1 N–H and O–H groups in total. The number of nitrogens with zero attached hydrogens (tertiary/aromatic N) is 2. The van der Waals surface area contributed by atoms with Crippen molar-refractivity contribution >= 4 is 10.9 Å². The summed E-state index contributed by atoms with van der Waals surface area (Å²) in [5.41, 5.74) is 2.42. The van der Waals surface area contributed by atoms with Gasteiger partial charge in [-0.3, -0.25) is 4.98 Å². The molecule has 0 amide bonds. The van der Waals surface area contributed by atoms with Crippen LogP contribution in [0.15, 0.2) is 67.4 Å². The monoisotopic (exact) mass is 433 g/mol. The molecule has 0 spiro atoms. The van der Waals surface area contributed by atoms with E-state index in [4.69, 9.17) is 4.74 Å². The third kappa shape index (κ3) is 3.50. The highest BCUT2D eigenvalue weighted by Gasteiger charge is 2.54. The molecule has 5 atom stereocenters. The van der Waals surface area contributed by atoms with E-state index < -0.39 is 6.10 Å².